The third kappa shape index (κ3) is 2.31. The quantitative estimate of drug-likeness (QED) is 0.812. The number of nitrogens with one attached hydrogen (secondary N) is 2. The van der Waals surface area contributed by atoms with Crippen molar-refractivity contribution in [2.24, 2.45) is 7.05 Å². The van der Waals surface area contributed by atoms with Crippen molar-refractivity contribution < 1.29 is 4.79 Å². The molecule has 0 fully saturated rings. The maximum Gasteiger partial charge on any atom is 0.274 e. The Balaban J connectivity index is 2.11. The highest BCUT2D eigenvalue weighted by molar-refractivity contribution is 5.95. The van der Waals surface area contributed by atoms with Gasteiger partial charge in [0.05, 0.1) is 16.9 Å². The van der Waals surface area contributed by atoms with Crippen molar-refractivity contribution in [3.05, 3.63) is 57.4 Å². The summed E-state index contributed by atoms with van der Waals surface area (Å²) < 4.78 is 1.28. The molecule has 7 nitrogen and oxygen atoms in total. The fourth-order valence-electron chi connectivity index (χ4n) is 2.81. The molecular formula is C17H19N5O2. The Morgan fingerprint density at radius 3 is 2.29 bits per heavy atom. The fraction of sp³-hybridized carbons (Fsp3) is 0.235. The number of anilines is 2. The highest BCUT2D eigenvalue weighted by atomic mass is 16.2. The van der Waals surface area contributed by atoms with Gasteiger partial charge in [-0.2, -0.15) is 0 Å². The van der Waals surface area contributed by atoms with Gasteiger partial charge in [-0.1, -0.05) is 17.9 Å². The van der Waals surface area contributed by atoms with E-state index in [9.17, 15) is 9.59 Å². The monoisotopic (exact) mass is 325 g/mol. The van der Waals surface area contributed by atoms with Gasteiger partial charge in [-0.05, 0) is 18.2 Å². The van der Waals surface area contributed by atoms with Crippen molar-refractivity contribution in [3.63, 3.8) is 0 Å². The molecule has 1 aliphatic heterocycles. The van der Waals surface area contributed by atoms with Crippen LogP contribution in [0.1, 0.15) is 16.1 Å². The van der Waals surface area contributed by atoms with Crippen molar-refractivity contribution >= 4 is 23.4 Å². The molecule has 0 spiro atoms. The number of carbonyl (C=O) groups excluding carboxylic acids is 1. The Labute approximate surface area is 139 Å². The zero-order valence-corrected chi connectivity index (χ0v) is 14.0. The normalized spacial score (nSPS) is 12.9. The van der Waals surface area contributed by atoms with E-state index < -0.39 is 0 Å². The van der Waals surface area contributed by atoms with Crippen LogP contribution in [0.4, 0.5) is 11.4 Å². The fourth-order valence-corrected chi connectivity index (χ4v) is 2.81. The summed E-state index contributed by atoms with van der Waals surface area (Å²) in [6.45, 7) is 0. The number of hydrogen-bond acceptors (Lipinski definition) is 4. The summed E-state index contributed by atoms with van der Waals surface area (Å²) >= 11 is 0. The number of hydrogen-bond donors (Lipinski definition) is 2. The van der Waals surface area contributed by atoms with Gasteiger partial charge in [0, 0.05) is 28.2 Å². The first-order valence-corrected chi connectivity index (χ1v) is 7.50. The first-order valence-electron chi connectivity index (χ1n) is 7.50. The van der Waals surface area contributed by atoms with E-state index in [0.717, 1.165) is 17.2 Å². The molecule has 0 atom stereocenters. The van der Waals surface area contributed by atoms with Crippen LogP contribution in [0.5, 0.6) is 0 Å². The molecule has 2 N–H and O–H groups in total. The molecule has 0 unspecified atom stereocenters. The van der Waals surface area contributed by atoms with Crippen molar-refractivity contribution in [2.45, 2.75) is 0 Å². The van der Waals surface area contributed by atoms with Gasteiger partial charge >= 0.3 is 0 Å². The summed E-state index contributed by atoms with van der Waals surface area (Å²) in [4.78, 5) is 28.2. The molecule has 2 aromatic rings. The van der Waals surface area contributed by atoms with Crippen LogP contribution in [0.2, 0.25) is 0 Å². The standard InChI is InChI=1S/C17H19N5O2/c1-18-16(23)15-11(17(24)22(4)19-15)9-10-14-20(2)12-7-5-6-8-13(12)21(14)3/h5-9,19H,1-4H3,(H,18,23). The summed E-state index contributed by atoms with van der Waals surface area (Å²) in [5.74, 6) is 0.449. The molecular weight excluding hydrogens is 306 g/mol. The molecule has 1 aromatic carbocycles. The minimum absolute atomic E-state index is 0.221. The number of rotatable bonds is 2. The first-order chi connectivity index (χ1) is 11.5. The highest BCUT2D eigenvalue weighted by Crippen LogP contribution is 2.38. The number of fused-ring (bicyclic) bond motifs is 1. The van der Waals surface area contributed by atoms with Gasteiger partial charge < -0.3 is 15.1 Å². The van der Waals surface area contributed by atoms with Crippen molar-refractivity contribution in [3.8, 4) is 0 Å². The van der Waals surface area contributed by atoms with Gasteiger partial charge in [0.2, 0.25) is 0 Å². The maximum absolute atomic E-state index is 12.2. The molecule has 7 heteroatoms. The van der Waals surface area contributed by atoms with E-state index in [1.165, 1.54) is 11.7 Å². The van der Waals surface area contributed by atoms with Crippen LogP contribution in [-0.4, -0.2) is 36.8 Å². The van der Waals surface area contributed by atoms with Crippen molar-refractivity contribution in [1.29, 1.82) is 0 Å². The molecule has 1 amide bonds. The Hall–Kier alpha value is -3.18. The molecule has 3 rings (SSSR count). The van der Waals surface area contributed by atoms with E-state index in [-0.39, 0.29) is 22.7 Å². The molecule has 0 bridgehead atoms. The predicted molar refractivity (Wildman–Crippen MR) is 94.2 cm³/mol. The minimum atomic E-state index is -0.345. The number of H-pyrrole nitrogens is 1. The van der Waals surface area contributed by atoms with Crippen LogP contribution < -0.4 is 20.7 Å². The number of carbonyl (C=O) groups is 1. The molecule has 0 saturated heterocycles. The predicted octanol–water partition coefficient (Wildman–Crippen LogP) is 1.11. The van der Waals surface area contributed by atoms with Gasteiger partial charge in [0.15, 0.2) is 5.82 Å². The van der Waals surface area contributed by atoms with E-state index in [1.807, 2.05) is 48.2 Å². The largest absolute Gasteiger partial charge is 0.354 e. The summed E-state index contributed by atoms with van der Waals surface area (Å²) in [5, 5.41) is 5.29. The van der Waals surface area contributed by atoms with Crippen molar-refractivity contribution in [2.75, 3.05) is 30.9 Å². The number of aryl methyl sites for hydroxylation is 1. The molecule has 24 heavy (non-hydrogen) atoms. The molecule has 2 heterocycles. The number of nitrogens with zero attached hydrogens (tertiary/aromatic N) is 3. The summed E-state index contributed by atoms with van der Waals surface area (Å²) in [5.41, 5.74) is 5.49. The SMILES string of the molecule is CNC(=O)c1[nH]n(C)c(=O)c1C=C=C1N(C)c2ccccc2N1C. The smallest absolute Gasteiger partial charge is 0.274 e. The number of para-hydroxylation sites is 2. The Morgan fingerprint density at radius 2 is 1.75 bits per heavy atom. The summed E-state index contributed by atoms with van der Waals surface area (Å²) in [7, 11) is 6.97. The van der Waals surface area contributed by atoms with Gasteiger partial charge in [-0.15, -0.1) is 0 Å². The van der Waals surface area contributed by atoms with Crippen LogP contribution in [0.15, 0.2) is 40.6 Å². The molecule has 0 saturated carbocycles. The van der Waals surface area contributed by atoms with Crippen LogP contribution >= 0.6 is 0 Å². The molecule has 124 valence electrons. The van der Waals surface area contributed by atoms with E-state index in [1.54, 1.807) is 13.1 Å². The number of aromatic amines is 1. The average molecular weight is 325 g/mol. The van der Waals surface area contributed by atoms with Crippen LogP contribution in [0.3, 0.4) is 0 Å². The van der Waals surface area contributed by atoms with E-state index in [0.29, 0.717) is 0 Å². The summed E-state index contributed by atoms with van der Waals surface area (Å²) in [6, 6.07) is 7.99. The lowest BCUT2D eigenvalue weighted by atomic mass is 10.2. The summed E-state index contributed by atoms with van der Waals surface area (Å²) in [6.07, 6.45) is 1.55. The zero-order valence-electron chi connectivity index (χ0n) is 14.0. The van der Waals surface area contributed by atoms with Gasteiger partial charge in [-0.25, -0.2) is 0 Å². The third-order valence-electron chi connectivity index (χ3n) is 4.12. The zero-order chi connectivity index (χ0) is 17.4. The second kappa shape index (κ2) is 5.79. The second-order valence-corrected chi connectivity index (χ2v) is 5.56. The van der Waals surface area contributed by atoms with E-state index >= 15 is 0 Å². The first kappa shape index (κ1) is 15.7. The second-order valence-electron chi connectivity index (χ2n) is 5.56. The molecule has 0 radical (unpaired) electrons. The lowest BCUT2D eigenvalue weighted by molar-refractivity contribution is 0.0957. The number of aromatic nitrogens is 2. The highest BCUT2D eigenvalue weighted by Gasteiger charge is 2.25. The van der Waals surface area contributed by atoms with Crippen molar-refractivity contribution in [1.82, 2.24) is 15.1 Å². The van der Waals surface area contributed by atoms with Gasteiger partial charge in [0.25, 0.3) is 11.5 Å². The van der Waals surface area contributed by atoms with Gasteiger partial charge in [-0.3, -0.25) is 19.4 Å². The van der Waals surface area contributed by atoms with E-state index in [4.69, 9.17) is 0 Å². The minimum Gasteiger partial charge on any atom is -0.354 e. The van der Waals surface area contributed by atoms with Crippen LogP contribution in [0, 0.1) is 0 Å². The average Bonchev–Trinajstić information content (AvgIpc) is 3.01. The Kier molecular flexibility index (Phi) is 3.79. The molecule has 1 aromatic heterocycles. The number of benzene rings is 1. The molecule has 0 aliphatic carbocycles. The Morgan fingerprint density at radius 1 is 1.17 bits per heavy atom. The van der Waals surface area contributed by atoms with Crippen LogP contribution in [0.25, 0.3) is 6.08 Å². The lowest BCUT2D eigenvalue weighted by Crippen LogP contribution is -2.21. The maximum atomic E-state index is 12.2. The molecule has 1 aliphatic rings. The lowest BCUT2D eigenvalue weighted by Gasteiger charge is -2.15. The van der Waals surface area contributed by atoms with E-state index in [2.05, 4.69) is 16.1 Å². The third-order valence-corrected chi connectivity index (χ3v) is 4.12. The van der Waals surface area contributed by atoms with Gasteiger partial charge in [0.1, 0.15) is 5.69 Å². The Bertz CT molecular complexity index is 900. The number of amides is 1. The topological polar surface area (TPSA) is 73.4 Å². The van der Waals surface area contributed by atoms with Crippen LogP contribution in [-0.2, 0) is 7.05 Å².